The van der Waals surface area contributed by atoms with Crippen molar-refractivity contribution < 1.29 is 31.9 Å². The van der Waals surface area contributed by atoms with Crippen molar-refractivity contribution in [2.45, 2.75) is 31.9 Å². The number of hydrogen-bond acceptors (Lipinski definition) is 8. The summed E-state index contributed by atoms with van der Waals surface area (Å²) in [6, 6.07) is 1.52. The highest BCUT2D eigenvalue weighted by molar-refractivity contribution is 6.03. The minimum Gasteiger partial charge on any atom is -0.464 e. The van der Waals surface area contributed by atoms with Gasteiger partial charge in [-0.1, -0.05) is 10.4 Å². The van der Waals surface area contributed by atoms with Crippen molar-refractivity contribution in [2.24, 2.45) is 0 Å². The van der Waals surface area contributed by atoms with Crippen LogP contribution >= 0.6 is 0 Å². The minimum absolute atomic E-state index is 0.00116. The highest BCUT2D eigenvalue weighted by Crippen LogP contribution is 2.30. The fourth-order valence-electron chi connectivity index (χ4n) is 2.71. The Morgan fingerprint density at radius 1 is 1.15 bits per heavy atom. The molecule has 0 N–H and O–H groups in total. The van der Waals surface area contributed by atoms with Crippen LogP contribution in [0.3, 0.4) is 0 Å². The van der Waals surface area contributed by atoms with Crippen molar-refractivity contribution in [3.05, 3.63) is 47.7 Å². The highest BCUT2D eigenvalue weighted by atomic mass is 19.4. The summed E-state index contributed by atoms with van der Waals surface area (Å²) in [5.41, 5.74) is -1.16. The number of amides is 1. The number of aromatic nitrogens is 7. The van der Waals surface area contributed by atoms with Crippen molar-refractivity contribution >= 4 is 17.7 Å². The van der Waals surface area contributed by atoms with E-state index in [1.165, 1.54) is 31.2 Å². The number of anilines is 1. The third-order valence-electron chi connectivity index (χ3n) is 4.47. The van der Waals surface area contributed by atoms with Gasteiger partial charge in [0.25, 0.3) is 5.91 Å². The molecule has 0 saturated heterocycles. The maximum absolute atomic E-state index is 14.3. The summed E-state index contributed by atoms with van der Waals surface area (Å²) in [5.74, 6) is -1.66. The summed E-state index contributed by atoms with van der Waals surface area (Å²) in [4.78, 5) is 28.5. The summed E-state index contributed by atoms with van der Waals surface area (Å²) in [7, 11) is 2.44. The van der Waals surface area contributed by atoms with Crippen LogP contribution in [0.2, 0.25) is 0 Å². The van der Waals surface area contributed by atoms with E-state index in [2.05, 4.69) is 30.3 Å². The number of carbonyl (C=O) groups excluding carboxylic acids is 2. The van der Waals surface area contributed by atoms with Gasteiger partial charge in [-0.3, -0.25) is 14.4 Å². The molecule has 15 heteroatoms. The minimum atomic E-state index is -4.59. The molecule has 11 nitrogen and oxygen atoms in total. The van der Waals surface area contributed by atoms with E-state index < -0.39 is 29.8 Å². The molecule has 33 heavy (non-hydrogen) atoms. The molecular formula is C18H18F4N8O3. The quantitative estimate of drug-likeness (QED) is 0.361. The van der Waals surface area contributed by atoms with Crippen LogP contribution in [0.25, 0.3) is 0 Å². The zero-order valence-electron chi connectivity index (χ0n) is 17.4. The molecule has 3 aromatic rings. The molecule has 176 valence electrons. The molecule has 1 atom stereocenters. The van der Waals surface area contributed by atoms with Crippen molar-refractivity contribution in [1.29, 1.82) is 0 Å². The van der Waals surface area contributed by atoms with Crippen molar-refractivity contribution in [3.63, 3.8) is 0 Å². The fraction of sp³-hybridized carbons (Fsp3) is 0.389. The third-order valence-corrected chi connectivity index (χ3v) is 4.47. The summed E-state index contributed by atoms with van der Waals surface area (Å²) < 4.78 is 59.9. The Morgan fingerprint density at radius 3 is 2.52 bits per heavy atom. The summed E-state index contributed by atoms with van der Waals surface area (Å²) in [6.45, 7) is -0.111. The van der Waals surface area contributed by atoms with E-state index in [1.807, 2.05) is 0 Å². The number of hydrogen-bond donors (Lipinski definition) is 0. The molecule has 0 spiro atoms. The van der Waals surface area contributed by atoms with Crippen LogP contribution in [0.4, 0.5) is 23.4 Å². The summed E-state index contributed by atoms with van der Waals surface area (Å²) in [5, 5.41) is 14.7. The molecule has 0 aromatic carbocycles. The number of aryl methyl sites for hydroxylation is 1. The van der Waals surface area contributed by atoms with Crippen molar-refractivity contribution in [2.75, 3.05) is 19.1 Å². The van der Waals surface area contributed by atoms with Gasteiger partial charge in [0, 0.05) is 26.2 Å². The molecule has 1 unspecified atom stereocenters. The van der Waals surface area contributed by atoms with Gasteiger partial charge in [0.2, 0.25) is 0 Å². The first-order chi connectivity index (χ1) is 15.6. The maximum Gasteiger partial charge on any atom is 0.416 e. The lowest BCUT2D eigenvalue weighted by molar-refractivity contribution is -0.137. The molecule has 0 radical (unpaired) electrons. The van der Waals surface area contributed by atoms with E-state index >= 15 is 0 Å². The molecule has 0 aliphatic carbocycles. The first kappa shape index (κ1) is 23.7. The zero-order valence-corrected chi connectivity index (χ0v) is 17.4. The monoisotopic (exact) mass is 470 g/mol. The Balaban J connectivity index is 1.58. The Bertz CT molecular complexity index is 1130. The lowest BCUT2D eigenvalue weighted by Crippen LogP contribution is -2.27. The molecule has 3 heterocycles. The molecule has 0 fully saturated rings. The second kappa shape index (κ2) is 9.70. The second-order valence-electron chi connectivity index (χ2n) is 6.83. The average Bonchev–Trinajstić information content (AvgIpc) is 3.45. The number of halogens is 4. The SMILES string of the molecule is COC(=O)c1cn(CCC(F)Cn2cc(C(=O)N(C)c3cc(C(F)(F)F)ccn3)nn2)nn1. The second-order valence-corrected chi connectivity index (χ2v) is 6.83. The number of nitrogens with zero attached hydrogens (tertiary/aromatic N) is 8. The summed E-state index contributed by atoms with van der Waals surface area (Å²) in [6.07, 6.45) is -2.54. The first-order valence-corrected chi connectivity index (χ1v) is 9.42. The van der Waals surface area contributed by atoms with E-state index in [-0.39, 0.29) is 36.7 Å². The molecule has 1 amide bonds. The van der Waals surface area contributed by atoms with Gasteiger partial charge >= 0.3 is 12.1 Å². The van der Waals surface area contributed by atoms with Gasteiger partial charge in [-0.2, -0.15) is 13.2 Å². The molecule has 3 aromatic heterocycles. The smallest absolute Gasteiger partial charge is 0.416 e. The number of rotatable bonds is 8. The maximum atomic E-state index is 14.3. The number of methoxy groups -OCH3 is 1. The van der Waals surface area contributed by atoms with E-state index in [9.17, 15) is 27.2 Å². The van der Waals surface area contributed by atoms with Crippen molar-refractivity contribution in [3.8, 4) is 0 Å². The van der Waals surface area contributed by atoms with Crippen LogP contribution in [-0.2, 0) is 24.0 Å². The van der Waals surface area contributed by atoms with Crippen LogP contribution in [0.1, 0.15) is 33.0 Å². The predicted molar refractivity (Wildman–Crippen MR) is 103 cm³/mol. The number of pyridine rings is 1. The number of ether oxygens (including phenoxy) is 1. The number of esters is 1. The Morgan fingerprint density at radius 2 is 1.82 bits per heavy atom. The lowest BCUT2D eigenvalue weighted by atomic mass is 10.2. The normalized spacial score (nSPS) is 12.4. The first-order valence-electron chi connectivity index (χ1n) is 9.42. The van der Waals surface area contributed by atoms with E-state index in [0.29, 0.717) is 0 Å². The van der Waals surface area contributed by atoms with E-state index in [1.54, 1.807) is 0 Å². The number of alkyl halides is 4. The molecule has 0 aliphatic rings. The predicted octanol–water partition coefficient (Wildman–Crippen LogP) is 1.77. The van der Waals surface area contributed by atoms with Gasteiger partial charge in [0.15, 0.2) is 11.4 Å². The molecule has 0 saturated carbocycles. The topological polar surface area (TPSA) is 121 Å². The van der Waals surface area contributed by atoms with Gasteiger partial charge < -0.3 is 4.74 Å². The summed E-state index contributed by atoms with van der Waals surface area (Å²) >= 11 is 0. The van der Waals surface area contributed by atoms with Gasteiger partial charge in [0.05, 0.1) is 31.6 Å². The van der Waals surface area contributed by atoms with Crippen molar-refractivity contribution in [1.82, 2.24) is 35.0 Å². The van der Waals surface area contributed by atoms with E-state index in [4.69, 9.17) is 0 Å². The zero-order chi connectivity index (χ0) is 24.2. The van der Waals surface area contributed by atoms with E-state index in [0.717, 1.165) is 27.9 Å². The molecule has 0 aliphatic heterocycles. The van der Waals surface area contributed by atoms with Gasteiger partial charge in [0.1, 0.15) is 12.0 Å². The largest absolute Gasteiger partial charge is 0.464 e. The van der Waals surface area contributed by atoms with Crippen LogP contribution in [0, 0.1) is 0 Å². The molecule has 3 rings (SSSR count). The van der Waals surface area contributed by atoms with Gasteiger partial charge in [-0.15, -0.1) is 10.2 Å². The fourth-order valence-corrected chi connectivity index (χ4v) is 2.71. The van der Waals surface area contributed by atoms with Crippen LogP contribution in [0.15, 0.2) is 30.7 Å². The average molecular weight is 470 g/mol. The lowest BCUT2D eigenvalue weighted by Gasteiger charge is -2.16. The Labute approximate surface area is 183 Å². The van der Waals surface area contributed by atoms with Crippen LogP contribution in [0.5, 0.6) is 0 Å². The Kier molecular flexibility index (Phi) is 6.98. The van der Waals surface area contributed by atoms with Crippen LogP contribution < -0.4 is 4.90 Å². The Hall–Kier alpha value is -3.91. The molecular weight excluding hydrogens is 452 g/mol. The van der Waals surface area contributed by atoms with Gasteiger partial charge in [-0.05, 0) is 12.1 Å². The van der Waals surface area contributed by atoms with Gasteiger partial charge in [-0.25, -0.2) is 18.9 Å². The highest BCUT2D eigenvalue weighted by Gasteiger charge is 2.31. The third kappa shape index (κ3) is 5.87. The molecule has 0 bridgehead atoms. The standard InChI is InChI=1S/C18H18F4N8O3/c1-28(15-7-11(3-5-23-15)18(20,21)22)16(31)13-9-30(27-24-13)8-12(19)4-6-29-10-14(25-26-29)17(32)33-2/h3,5,7,9-10,12H,4,6,8H2,1-2H3. The van der Waals surface area contributed by atoms with Crippen LogP contribution in [-0.4, -0.2) is 67.2 Å². The number of carbonyl (C=O) groups is 2.